The molecule has 2 aromatic rings. The highest BCUT2D eigenvalue weighted by atomic mass is 16.5. The van der Waals surface area contributed by atoms with Gasteiger partial charge in [0.15, 0.2) is 0 Å². The molecule has 0 bridgehead atoms. The van der Waals surface area contributed by atoms with Crippen LogP contribution in [0, 0.1) is 23.2 Å². The number of amides is 2. The molecule has 192 valence electrons. The summed E-state index contributed by atoms with van der Waals surface area (Å²) in [4.78, 5) is 25.6. The molecule has 2 saturated carbocycles. The number of carbonyl (C=O) groups is 2. The van der Waals surface area contributed by atoms with Crippen LogP contribution in [0.2, 0.25) is 0 Å². The van der Waals surface area contributed by atoms with Gasteiger partial charge in [0.1, 0.15) is 17.3 Å². The van der Waals surface area contributed by atoms with Crippen molar-refractivity contribution in [2.75, 3.05) is 26.1 Å². The molecule has 0 radical (unpaired) electrons. The lowest BCUT2D eigenvalue weighted by Gasteiger charge is -2.50. The second-order valence-corrected chi connectivity index (χ2v) is 11.0. The van der Waals surface area contributed by atoms with E-state index in [1.54, 1.807) is 14.2 Å². The Morgan fingerprint density at radius 2 is 1.81 bits per heavy atom. The average Bonchev–Trinajstić information content (AvgIpc) is 3.16. The van der Waals surface area contributed by atoms with E-state index < -0.39 is 0 Å². The third-order valence-corrected chi connectivity index (χ3v) is 9.16. The minimum absolute atomic E-state index is 0.186. The van der Waals surface area contributed by atoms with Gasteiger partial charge < -0.3 is 20.1 Å². The summed E-state index contributed by atoms with van der Waals surface area (Å²) in [7, 11) is 3.35. The predicted octanol–water partition coefficient (Wildman–Crippen LogP) is 5.96. The first-order valence-electron chi connectivity index (χ1n) is 13.3. The molecule has 3 aliphatic rings. The van der Waals surface area contributed by atoms with Gasteiger partial charge in [0.2, 0.25) is 0 Å². The highest BCUT2D eigenvalue weighted by Gasteiger charge is 2.58. The Bertz CT molecular complexity index is 1110. The number of urea groups is 1. The number of ketones is 1. The maximum atomic E-state index is 13.2. The molecule has 6 heteroatoms. The molecule has 2 amide bonds. The van der Waals surface area contributed by atoms with E-state index in [0.717, 1.165) is 55.7 Å². The number of nitrogens with one attached hydrogen (secondary N) is 2. The number of Topliss-reactive ketones (excluding diaryl/α,β-unsaturated/α-hetero) is 1. The summed E-state index contributed by atoms with van der Waals surface area (Å²) in [5.41, 5.74) is 3.44. The van der Waals surface area contributed by atoms with Gasteiger partial charge in [-0.1, -0.05) is 13.0 Å². The molecular formula is C30H38N2O4. The van der Waals surface area contributed by atoms with Crippen LogP contribution in [-0.2, 0) is 11.2 Å². The first-order valence-corrected chi connectivity index (χ1v) is 13.3. The van der Waals surface area contributed by atoms with Crippen LogP contribution in [0.1, 0.15) is 62.5 Å². The Morgan fingerprint density at radius 3 is 2.56 bits per heavy atom. The van der Waals surface area contributed by atoms with Gasteiger partial charge in [-0.3, -0.25) is 4.79 Å². The third kappa shape index (κ3) is 4.58. The van der Waals surface area contributed by atoms with Crippen molar-refractivity contribution in [2.24, 2.45) is 23.2 Å². The van der Waals surface area contributed by atoms with Crippen LogP contribution in [-0.4, -0.2) is 32.6 Å². The van der Waals surface area contributed by atoms with Crippen LogP contribution < -0.4 is 20.1 Å². The Balaban J connectivity index is 1.19. The fourth-order valence-electron chi connectivity index (χ4n) is 7.43. The zero-order valence-electron chi connectivity index (χ0n) is 21.6. The molecule has 5 atom stereocenters. The van der Waals surface area contributed by atoms with Crippen LogP contribution in [0.5, 0.6) is 11.5 Å². The minimum Gasteiger partial charge on any atom is -0.497 e. The van der Waals surface area contributed by atoms with Crippen LogP contribution >= 0.6 is 0 Å². The monoisotopic (exact) mass is 490 g/mol. The van der Waals surface area contributed by atoms with E-state index in [-0.39, 0.29) is 11.4 Å². The topological polar surface area (TPSA) is 76.7 Å². The largest absolute Gasteiger partial charge is 0.497 e. The number of hydrogen-bond donors (Lipinski definition) is 2. The number of anilines is 1. The van der Waals surface area contributed by atoms with Crippen molar-refractivity contribution >= 4 is 17.5 Å². The third-order valence-electron chi connectivity index (χ3n) is 9.16. The standard InChI is InChI=1S/C30H38N2O4/c1-30-15-14-25-24-13-11-23(36-3)17-19(24)6-12-26(25)28(30)20(18-27(30)33)5-4-16-31-29(34)32-21-7-9-22(35-2)10-8-21/h7-11,13,17,20,25-26,28H,4-6,12,14-16,18H2,1-3H3,(H2,31,32,34)/t20-,25-,26-,28+,30-/m1/s1. The molecule has 2 fully saturated rings. The molecule has 0 unspecified atom stereocenters. The first kappa shape index (κ1) is 24.7. The van der Waals surface area contributed by atoms with E-state index in [9.17, 15) is 9.59 Å². The van der Waals surface area contributed by atoms with Crippen molar-refractivity contribution in [3.05, 3.63) is 53.6 Å². The number of ether oxygens (including phenoxy) is 2. The summed E-state index contributed by atoms with van der Waals surface area (Å²) in [5, 5.41) is 5.84. The molecule has 0 spiro atoms. The van der Waals surface area contributed by atoms with Crippen molar-refractivity contribution < 1.29 is 19.1 Å². The maximum absolute atomic E-state index is 13.2. The summed E-state index contributed by atoms with van der Waals surface area (Å²) < 4.78 is 10.6. The molecule has 6 nitrogen and oxygen atoms in total. The van der Waals surface area contributed by atoms with Gasteiger partial charge in [-0.25, -0.2) is 4.79 Å². The summed E-state index contributed by atoms with van der Waals surface area (Å²) in [6.07, 6.45) is 6.85. The van der Waals surface area contributed by atoms with Crippen LogP contribution in [0.25, 0.3) is 0 Å². The number of hydrogen-bond acceptors (Lipinski definition) is 4. The lowest BCUT2D eigenvalue weighted by molar-refractivity contribution is -0.129. The predicted molar refractivity (Wildman–Crippen MR) is 141 cm³/mol. The van der Waals surface area contributed by atoms with Crippen LogP contribution in [0.3, 0.4) is 0 Å². The second-order valence-electron chi connectivity index (χ2n) is 11.0. The fourth-order valence-corrected chi connectivity index (χ4v) is 7.43. The number of aryl methyl sites for hydroxylation is 1. The van der Waals surface area contributed by atoms with Gasteiger partial charge in [-0.15, -0.1) is 0 Å². The number of rotatable bonds is 7. The Morgan fingerprint density at radius 1 is 1.06 bits per heavy atom. The number of carbonyl (C=O) groups excluding carboxylic acids is 2. The smallest absolute Gasteiger partial charge is 0.319 e. The Kier molecular flexibility index (Phi) is 6.96. The van der Waals surface area contributed by atoms with E-state index in [2.05, 4.69) is 35.8 Å². The summed E-state index contributed by atoms with van der Waals surface area (Å²) in [6, 6.07) is 13.6. The van der Waals surface area contributed by atoms with Crippen LogP contribution in [0.15, 0.2) is 42.5 Å². The van der Waals surface area contributed by atoms with Crippen molar-refractivity contribution in [1.29, 1.82) is 0 Å². The van der Waals surface area contributed by atoms with Crippen molar-refractivity contribution in [2.45, 2.75) is 57.8 Å². The zero-order chi connectivity index (χ0) is 25.3. The van der Waals surface area contributed by atoms with Gasteiger partial charge in [-0.2, -0.15) is 0 Å². The Hall–Kier alpha value is -3.02. The molecule has 2 aromatic carbocycles. The van der Waals surface area contributed by atoms with Gasteiger partial charge in [0, 0.05) is 24.1 Å². The molecule has 3 aliphatic carbocycles. The summed E-state index contributed by atoms with van der Waals surface area (Å²) in [5.74, 6) is 4.10. The SMILES string of the molecule is COc1ccc(NC(=O)NCCC[C@@H]2CC(=O)[C@@]3(C)CC[C@@H]4c5ccc(OC)cc5CC[C@H]4[C@H]23)cc1. The molecule has 0 saturated heterocycles. The number of benzene rings is 2. The molecule has 36 heavy (non-hydrogen) atoms. The number of fused-ring (bicyclic) bond motifs is 5. The maximum Gasteiger partial charge on any atom is 0.319 e. The molecule has 5 rings (SSSR count). The van der Waals surface area contributed by atoms with E-state index in [0.29, 0.717) is 42.4 Å². The number of methoxy groups -OCH3 is 2. The fraction of sp³-hybridized carbons (Fsp3) is 0.533. The van der Waals surface area contributed by atoms with E-state index >= 15 is 0 Å². The molecule has 0 aromatic heterocycles. The van der Waals surface area contributed by atoms with Gasteiger partial charge >= 0.3 is 6.03 Å². The quantitative estimate of drug-likeness (QED) is 0.470. The van der Waals surface area contributed by atoms with Gasteiger partial charge in [0.25, 0.3) is 0 Å². The molecular weight excluding hydrogens is 452 g/mol. The van der Waals surface area contributed by atoms with Gasteiger partial charge in [0.05, 0.1) is 14.2 Å². The highest BCUT2D eigenvalue weighted by Crippen LogP contribution is 2.62. The molecule has 0 heterocycles. The highest BCUT2D eigenvalue weighted by molar-refractivity contribution is 5.89. The van der Waals surface area contributed by atoms with Gasteiger partial charge in [-0.05, 0) is 110 Å². The second kappa shape index (κ2) is 10.2. The van der Waals surface area contributed by atoms with Crippen molar-refractivity contribution in [1.82, 2.24) is 5.32 Å². The summed E-state index contributed by atoms with van der Waals surface area (Å²) in [6.45, 7) is 2.84. The van der Waals surface area contributed by atoms with Crippen LogP contribution in [0.4, 0.5) is 10.5 Å². The van der Waals surface area contributed by atoms with E-state index in [4.69, 9.17) is 9.47 Å². The first-order chi connectivity index (χ1) is 17.4. The van der Waals surface area contributed by atoms with E-state index in [1.165, 1.54) is 11.1 Å². The average molecular weight is 491 g/mol. The van der Waals surface area contributed by atoms with E-state index in [1.807, 2.05) is 24.3 Å². The molecule has 2 N–H and O–H groups in total. The zero-order valence-corrected chi connectivity index (χ0v) is 21.6. The van der Waals surface area contributed by atoms with Crippen molar-refractivity contribution in [3.8, 4) is 11.5 Å². The lowest BCUT2D eigenvalue weighted by atomic mass is 9.54. The Labute approximate surface area is 214 Å². The lowest BCUT2D eigenvalue weighted by Crippen LogP contribution is -2.44. The van der Waals surface area contributed by atoms with Crippen molar-refractivity contribution in [3.63, 3.8) is 0 Å². The molecule has 0 aliphatic heterocycles. The summed E-state index contributed by atoms with van der Waals surface area (Å²) >= 11 is 0. The normalized spacial score (nSPS) is 28.5. The minimum atomic E-state index is -0.204.